The summed E-state index contributed by atoms with van der Waals surface area (Å²) in [7, 11) is 0. The lowest BCUT2D eigenvalue weighted by Gasteiger charge is -2.21. The van der Waals surface area contributed by atoms with Crippen LogP contribution in [-0.4, -0.2) is 29.6 Å². The summed E-state index contributed by atoms with van der Waals surface area (Å²) in [6.45, 7) is 8.03. The van der Waals surface area contributed by atoms with E-state index in [-0.39, 0.29) is 17.7 Å². The molecule has 2 rings (SSSR count). The minimum absolute atomic E-state index is 0.0498. The van der Waals surface area contributed by atoms with Crippen molar-refractivity contribution in [3.63, 3.8) is 0 Å². The molecule has 2 N–H and O–H groups in total. The van der Waals surface area contributed by atoms with E-state index in [2.05, 4.69) is 15.6 Å². The van der Waals surface area contributed by atoms with Gasteiger partial charge in [-0.05, 0) is 37.5 Å². The van der Waals surface area contributed by atoms with Crippen molar-refractivity contribution in [2.45, 2.75) is 59.4 Å². The highest BCUT2D eigenvalue weighted by Crippen LogP contribution is 2.29. The quantitative estimate of drug-likeness (QED) is 0.822. The molecule has 1 aromatic heterocycles. The van der Waals surface area contributed by atoms with Crippen LogP contribution in [0.5, 0.6) is 0 Å². The summed E-state index contributed by atoms with van der Waals surface area (Å²) in [6.07, 6.45) is 3.80. The highest BCUT2D eigenvalue weighted by Gasteiger charge is 2.26. The zero-order valence-electron chi connectivity index (χ0n) is 14.8. The number of carbonyl (C=O) groups is 2. The lowest BCUT2D eigenvalue weighted by Crippen LogP contribution is -2.47. The molecule has 0 radical (unpaired) electrons. The van der Waals surface area contributed by atoms with Gasteiger partial charge in [-0.25, -0.2) is 9.78 Å². The number of hydrogen-bond acceptors (Lipinski definition) is 5. The van der Waals surface area contributed by atoms with Gasteiger partial charge in [-0.3, -0.25) is 4.79 Å². The van der Waals surface area contributed by atoms with Gasteiger partial charge in [0.1, 0.15) is 6.04 Å². The van der Waals surface area contributed by atoms with E-state index in [0.717, 1.165) is 25.0 Å². The summed E-state index contributed by atoms with van der Waals surface area (Å²) in [4.78, 5) is 30.2. The molecule has 0 aromatic carbocycles. The summed E-state index contributed by atoms with van der Waals surface area (Å²) in [5.74, 6) is -0.0486. The fourth-order valence-corrected chi connectivity index (χ4v) is 3.59. The third-order valence-electron chi connectivity index (χ3n) is 3.85. The molecule has 1 heterocycles. The standard InChI is InChI=1S/C17H27N3O3S/c1-10(2)9-23-17(22)19-14(11(3)4)15(21)20-16-18-12-7-5-6-8-13(12)24-16/h10-11,14H,5-9H2,1-4H3,(H,19,22)(H,18,20,21)/t14-/m1/s1. The molecule has 0 fully saturated rings. The van der Waals surface area contributed by atoms with Crippen LogP contribution in [0.3, 0.4) is 0 Å². The van der Waals surface area contributed by atoms with Gasteiger partial charge in [-0.15, -0.1) is 11.3 Å². The molecule has 1 atom stereocenters. The number of rotatable bonds is 6. The fourth-order valence-electron chi connectivity index (χ4n) is 2.53. The molecule has 0 unspecified atom stereocenters. The Morgan fingerprint density at radius 3 is 2.54 bits per heavy atom. The molecular formula is C17H27N3O3S. The number of fused-ring (bicyclic) bond motifs is 1. The Kier molecular flexibility index (Phi) is 6.60. The lowest BCUT2D eigenvalue weighted by atomic mass is 10.0. The number of nitrogens with one attached hydrogen (secondary N) is 2. The van der Waals surface area contributed by atoms with E-state index in [4.69, 9.17) is 4.74 Å². The number of nitrogens with zero attached hydrogens (tertiary/aromatic N) is 1. The van der Waals surface area contributed by atoms with Crippen molar-refractivity contribution in [2.75, 3.05) is 11.9 Å². The average molecular weight is 353 g/mol. The van der Waals surface area contributed by atoms with Crippen molar-refractivity contribution >= 4 is 28.5 Å². The van der Waals surface area contributed by atoms with E-state index in [0.29, 0.717) is 11.7 Å². The Morgan fingerprint density at radius 2 is 1.92 bits per heavy atom. The highest BCUT2D eigenvalue weighted by atomic mass is 32.1. The number of aryl methyl sites for hydroxylation is 2. The van der Waals surface area contributed by atoms with Crippen LogP contribution in [0.15, 0.2) is 0 Å². The summed E-state index contributed by atoms with van der Waals surface area (Å²) in [5.41, 5.74) is 1.10. The van der Waals surface area contributed by atoms with Gasteiger partial charge in [-0.2, -0.15) is 0 Å². The summed E-state index contributed by atoms with van der Waals surface area (Å²) in [5, 5.41) is 6.13. The Bertz CT molecular complexity index is 560. The van der Waals surface area contributed by atoms with Crippen LogP contribution < -0.4 is 10.6 Å². The van der Waals surface area contributed by atoms with Crippen LogP contribution in [0.4, 0.5) is 9.93 Å². The van der Waals surface area contributed by atoms with Crippen molar-refractivity contribution in [3.05, 3.63) is 10.6 Å². The first-order valence-electron chi connectivity index (χ1n) is 8.59. The molecule has 1 aliphatic rings. The number of thiazole rings is 1. The summed E-state index contributed by atoms with van der Waals surface area (Å²) in [6, 6.07) is -0.648. The first kappa shape index (κ1) is 18.7. The monoisotopic (exact) mass is 353 g/mol. The highest BCUT2D eigenvalue weighted by molar-refractivity contribution is 7.15. The molecule has 6 nitrogen and oxygen atoms in total. The van der Waals surface area contributed by atoms with Crippen LogP contribution in [0.2, 0.25) is 0 Å². The largest absolute Gasteiger partial charge is 0.449 e. The van der Waals surface area contributed by atoms with Gasteiger partial charge in [-0.1, -0.05) is 27.7 Å². The number of aromatic nitrogens is 1. The third kappa shape index (κ3) is 5.19. The van der Waals surface area contributed by atoms with Crippen LogP contribution in [-0.2, 0) is 22.4 Å². The van der Waals surface area contributed by atoms with Crippen molar-refractivity contribution in [3.8, 4) is 0 Å². The molecule has 0 saturated carbocycles. The predicted molar refractivity (Wildman–Crippen MR) is 95.3 cm³/mol. The van der Waals surface area contributed by atoms with E-state index in [1.54, 1.807) is 0 Å². The first-order valence-corrected chi connectivity index (χ1v) is 9.41. The van der Waals surface area contributed by atoms with Gasteiger partial charge < -0.3 is 15.4 Å². The molecule has 134 valence electrons. The number of anilines is 1. The SMILES string of the molecule is CC(C)COC(=O)N[C@@H](C(=O)Nc1nc2c(s1)CCCC2)C(C)C. The fraction of sp³-hybridized carbons (Fsp3) is 0.706. The number of carbonyl (C=O) groups excluding carboxylic acids is 2. The van der Waals surface area contributed by atoms with Gasteiger partial charge in [0.2, 0.25) is 5.91 Å². The minimum atomic E-state index is -0.648. The van der Waals surface area contributed by atoms with E-state index >= 15 is 0 Å². The number of hydrogen-bond donors (Lipinski definition) is 2. The molecule has 24 heavy (non-hydrogen) atoms. The molecule has 1 aliphatic carbocycles. The molecule has 7 heteroatoms. The van der Waals surface area contributed by atoms with Gasteiger partial charge in [0, 0.05) is 4.88 Å². The Balaban J connectivity index is 1.95. The molecule has 0 saturated heterocycles. The minimum Gasteiger partial charge on any atom is -0.449 e. The van der Waals surface area contributed by atoms with E-state index in [9.17, 15) is 9.59 Å². The number of ether oxygens (including phenoxy) is 1. The number of alkyl carbamates (subject to hydrolysis) is 1. The predicted octanol–water partition coefficient (Wildman–Crippen LogP) is 3.37. The molecule has 2 amide bonds. The normalized spacial score (nSPS) is 15.1. The van der Waals surface area contributed by atoms with E-state index in [1.807, 2.05) is 27.7 Å². The van der Waals surface area contributed by atoms with Crippen LogP contribution >= 0.6 is 11.3 Å². The Morgan fingerprint density at radius 1 is 1.21 bits per heavy atom. The van der Waals surface area contributed by atoms with Gasteiger partial charge >= 0.3 is 6.09 Å². The molecular weight excluding hydrogens is 326 g/mol. The van der Waals surface area contributed by atoms with E-state index in [1.165, 1.54) is 22.6 Å². The second kappa shape index (κ2) is 8.46. The zero-order valence-corrected chi connectivity index (χ0v) is 15.7. The van der Waals surface area contributed by atoms with Crippen LogP contribution in [0.25, 0.3) is 0 Å². The third-order valence-corrected chi connectivity index (χ3v) is 4.92. The average Bonchev–Trinajstić information content (AvgIpc) is 2.92. The topological polar surface area (TPSA) is 80.3 Å². The number of amides is 2. The zero-order chi connectivity index (χ0) is 17.7. The summed E-state index contributed by atoms with van der Waals surface area (Å²) < 4.78 is 5.11. The second-order valence-corrected chi connectivity index (χ2v) is 8.03. The Hall–Kier alpha value is -1.63. The first-order chi connectivity index (χ1) is 11.4. The maximum absolute atomic E-state index is 12.5. The van der Waals surface area contributed by atoms with Gasteiger partial charge in [0.05, 0.1) is 12.3 Å². The van der Waals surface area contributed by atoms with Gasteiger partial charge in [0.25, 0.3) is 0 Å². The van der Waals surface area contributed by atoms with Crippen LogP contribution in [0.1, 0.15) is 51.1 Å². The molecule has 0 bridgehead atoms. The summed E-state index contributed by atoms with van der Waals surface area (Å²) >= 11 is 1.54. The van der Waals surface area contributed by atoms with Crippen molar-refractivity contribution < 1.29 is 14.3 Å². The van der Waals surface area contributed by atoms with Crippen LogP contribution in [0, 0.1) is 11.8 Å². The smallest absolute Gasteiger partial charge is 0.407 e. The van der Waals surface area contributed by atoms with E-state index < -0.39 is 12.1 Å². The van der Waals surface area contributed by atoms with Gasteiger partial charge in [0.15, 0.2) is 5.13 Å². The maximum Gasteiger partial charge on any atom is 0.407 e. The van der Waals surface area contributed by atoms with Crippen molar-refractivity contribution in [2.24, 2.45) is 11.8 Å². The van der Waals surface area contributed by atoms with Crippen molar-refractivity contribution in [1.29, 1.82) is 0 Å². The maximum atomic E-state index is 12.5. The molecule has 0 aliphatic heterocycles. The second-order valence-electron chi connectivity index (χ2n) is 6.94. The molecule has 1 aromatic rings. The lowest BCUT2D eigenvalue weighted by molar-refractivity contribution is -0.119. The Labute approximate surface area is 147 Å². The van der Waals surface area contributed by atoms with Crippen molar-refractivity contribution in [1.82, 2.24) is 10.3 Å². The molecule has 0 spiro atoms.